The van der Waals surface area contributed by atoms with Crippen LogP contribution in [0.25, 0.3) is 22.3 Å². The van der Waals surface area contributed by atoms with E-state index in [9.17, 15) is 14.9 Å². The summed E-state index contributed by atoms with van der Waals surface area (Å²) >= 11 is 0. The summed E-state index contributed by atoms with van der Waals surface area (Å²) in [4.78, 5) is 21.4. The Hall–Kier alpha value is -3.09. The lowest BCUT2D eigenvalue weighted by atomic mass is 9.99. The molecular formula is C14H10N2O5. The average Bonchev–Trinajstić information content (AvgIpc) is 2.86. The van der Waals surface area contributed by atoms with Gasteiger partial charge in [0.2, 0.25) is 0 Å². The van der Waals surface area contributed by atoms with Crippen LogP contribution in [0, 0.1) is 17.0 Å². The highest BCUT2D eigenvalue weighted by Gasteiger charge is 2.16. The van der Waals surface area contributed by atoms with Crippen molar-refractivity contribution in [3.63, 3.8) is 0 Å². The van der Waals surface area contributed by atoms with E-state index in [0.717, 1.165) is 11.1 Å². The number of nitro groups is 1. The van der Waals surface area contributed by atoms with E-state index in [1.54, 1.807) is 25.1 Å². The molecule has 1 aromatic heterocycles. The summed E-state index contributed by atoms with van der Waals surface area (Å²) < 4.78 is 9.88. The first-order valence-corrected chi connectivity index (χ1v) is 6.05. The van der Waals surface area contributed by atoms with E-state index < -0.39 is 10.7 Å². The zero-order chi connectivity index (χ0) is 15.1. The lowest BCUT2D eigenvalue weighted by Gasteiger charge is -2.07. The number of fused-ring (bicyclic) bond motifs is 1. The van der Waals surface area contributed by atoms with Crippen molar-refractivity contribution in [3.8, 4) is 11.1 Å². The zero-order valence-electron chi connectivity index (χ0n) is 11.0. The molecular weight excluding hydrogens is 276 g/mol. The number of nitrogens with zero attached hydrogens (tertiary/aromatic N) is 1. The second-order valence-electron chi connectivity index (χ2n) is 4.55. The smallest absolute Gasteiger partial charge is 0.396 e. The number of rotatable bonds is 2. The summed E-state index contributed by atoms with van der Waals surface area (Å²) in [5, 5.41) is 10.7. The molecule has 2 aromatic carbocycles. The third-order valence-electron chi connectivity index (χ3n) is 3.27. The molecule has 0 saturated carbocycles. The Morgan fingerprint density at radius 1 is 1.14 bits per heavy atom. The zero-order valence-corrected chi connectivity index (χ0v) is 11.0. The molecule has 0 unspecified atom stereocenters. The summed E-state index contributed by atoms with van der Waals surface area (Å²) in [6, 6.07) is 7.69. The summed E-state index contributed by atoms with van der Waals surface area (Å²) in [7, 11) is 0. The Kier molecular flexibility index (Phi) is 2.76. The molecule has 0 radical (unpaired) electrons. The Morgan fingerprint density at radius 2 is 1.76 bits per heavy atom. The summed E-state index contributed by atoms with van der Waals surface area (Å²) in [6.07, 6.45) is 0. The number of hydrogen-bond acceptors (Lipinski definition) is 6. The number of benzene rings is 2. The van der Waals surface area contributed by atoms with Crippen LogP contribution >= 0.6 is 0 Å². The van der Waals surface area contributed by atoms with Gasteiger partial charge in [-0.15, -0.1) is 0 Å². The quantitative estimate of drug-likeness (QED) is 0.440. The van der Waals surface area contributed by atoms with Gasteiger partial charge in [-0.05, 0) is 36.2 Å². The van der Waals surface area contributed by atoms with E-state index in [0.29, 0.717) is 5.56 Å². The lowest BCUT2D eigenvalue weighted by molar-refractivity contribution is -0.384. The minimum atomic E-state index is -0.819. The fourth-order valence-electron chi connectivity index (χ4n) is 2.23. The van der Waals surface area contributed by atoms with Crippen LogP contribution in [0.15, 0.2) is 44.0 Å². The number of nitrogens with two attached hydrogens (primary N) is 1. The van der Waals surface area contributed by atoms with E-state index >= 15 is 0 Å². The molecule has 0 fully saturated rings. The van der Waals surface area contributed by atoms with Crippen LogP contribution in [0.5, 0.6) is 0 Å². The standard InChI is InChI=1S/C14H10N2O5/c1-7-10(8-2-4-9(5-3-8)16(18)19)6-11(15)13-12(7)20-14(17)21-13/h2-6H,15H2,1H3. The summed E-state index contributed by atoms with van der Waals surface area (Å²) in [5.41, 5.74) is 8.76. The Labute approximate surface area is 117 Å². The molecule has 0 aliphatic carbocycles. The Bertz CT molecular complexity index is 905. The molecule has 21 heavy (non-hydrogen) atoms. The topological polar surface area (TPSA) is 113 Å². The first-order chi connectivity index (χ1) is 9.97. The van der Waals surface area contributed by atoms with E-state index in [2.05, 4.69) is 0 Å². The highest BCUT2D eigenvalue weighted by molar-refractivity contribution is 5.92. The van der Waals surface area contributed by atoms with Gasteiger partial charge in [0.1, 0.15) is 0 Å². The maximum atomic E-state index is 11.2. The van der Waals surface area contributed by atoms with E-state index in [1.165, 1.54) is 12.1 Å². The van der Waals surface area contributed by atoms with Crippen molar-refractivity contribution < 1.29 is 13.8 Å². The number of aryl methyl sites for hydroxylation is 1. The number of nitro benzene ring substituents is 1. The minimum Gasteiger partial charge on any atom is -0.396 e. The van der Waals surface area contributed by atoms with Crippen LogP contribution in [0.3, 0.4) is 0 Å². The van der Waals surface area contributed by atoms with Crippen molar-refractivity contribution in [2.75, 3.05) is 5.73 Å². The highest BCUT2D eigenvalue weighted by atomic mass is 16.6. The number of nitrogen functional groups attached to an aromatic ring is 1. The van der Waals surface area contributed by atoms with Crippen molar-refractivity contribution in [1.29, 1.82) is 0 Å². The predicted molar refractivity (Wildman–Crippen MR) is 76.0 cm³/mol. The van der Waals surface area contributed by atoms with Crippen molar-refractivity contribution >= 4 is 22.5 Å². The first-order valence-electron chi connectivity index (χ1n) is 6.05. The fraction of sp³-hybridized carbons (Fsp3) is 0.0714. The largest absolute Gasteiger partial charge is 0.519 e. The van der Waals surface area contributed by atoms with E-state index in [1.807, 2.05) is 0 Å². The molecule has 1 heterocycles. The number of non-ortho nitro benzene ring substituents is 1. The van der Waals surface area contributed by atoms with Gasteiger partial charge < -0.3 is 14.6 Å². The van der Waals surface area contributed by atoms with Crippen LogP contribution in [-0.2, 0) is 0 Å². The van der Waals surface area contributed by atoms with Crippen LogP contribution in [0.1, 0.15) is 5.56 Å². The molecule has 3 aromatic rings. The van der Waals surface area contributed by atoms with Gasteiger partial charge >= 0.3 is 5.82 Å². The summed E-state index contributed by atoms with van der Waals surface area (Å²) in [6.45, 7) is 1.76. The molecule has 0 spiro atoms. The number of anilines is 1. The SMILES string of the molecule is Cc1c(-c2ccc([N+](=O)[O-])cc2)cc(N)c2oc(=O)oc12. The van der Waals surface area contributed by atoms with E-state index in [-0.39, 0.29) is 22.5 Å². The first kappa shape index (κ1) is 12.9. The van der Waals surface area contributed by atoms with Crippen LogP contribution in [0.2, 0.25) is 0 Å². The lowest BCUT2D eigenvalue weighted by Crippen LogP contribution is -1.92. The molecule has 0 bridgehead atoms. The fourth-order valence-corrected chi connectivity index (χ4v) is 2.23. The third-order valence-corrected chi connectivity index (χ3v) is 3.27. The molecule has 7 heteroatoms. The maximum absolute atomic E-state index is 11.2. The second-order valence-corrected chi connectivity index (χ2v) is 4.55. The minimum absolute atomic E-state index is 0.000274. The molecule has 7 nitrogen and oxygen atoms in total. The molecule has 0 amide bonds. The normalized spacial score (nSPS) is 10.9. The summed E-state index contributed by atoms with van der Waals surface area (Å²) in [5.74, 6) is -0.819. The molecule has 0 aliphatic rings. The van der Waals surface area contributed by atoms with Gasteiger partial charge in [0.05, 0.1) is 10.6 Å². The van der Waals surface area contributed by atoms with E-state index in [4.69, 9.17) is 14.6 Å². The van der Waals surface area contributed by atoms with Gasteiger partial charge in [-0.2, -0.15) is 0 Å². The van der Waals surface area contributed by atoms with Gasteiger partial charge in [-0.3, -0.25) is 10.1 Å². The van der Waals surface area contributed by atoms with Gasteiger partial charge in [-0.25, -0.2) is 4.79 Å². The molecule has 2 N–H and O–H groups in total. The predicted octanol–water partition coefficient (Wildman–Crippen LogP) is 2.85. The molecule has 0 saturated heterocycles. The number of hydrogen-bond donors (Lipinski definition) is 1. The van der Waals surface area contributed by atoms with Gasteiger partial charge in [0.15, 0.2) is 11.2 Å². The Balaban J connectivity index is 2.22. The molecule has 0 aliphatic heterocycles. The highest BCUT2D eigenvalue weighted by Crippen LogP contribution is 2.34. The average molecular weight is 286 g/mol. The molecule has 3 rings (SSSR count). The van der Waals surface area contributed by atoms with Gasteiger partial charge in [0.25, 0.3) is 5.69 Å². The van der Waals surface area contributed by atoms with Crippen molar-refractivity contribution in [2.24, 2.45) is 0 Å². The van der Waals surface area contributed by atoms with Crippen LogP contribution in [0.4, 0.5) is 11.4 Å². The molecule has 106 valence electrons. The van der Waals surface area contributed by atoms with Crippen molar-refractivity contribution in [1.82, 2.24) is 0 Å². The van der Waals surface area contributed by atoms with Crippen molar-refractivity contribution in [3.05, 3.63) is 56.6 Å². The molecule has 0 atom stereocenters. The Morgan fingerprint density at radius 3 is 2.38 bits per heavy atom. The van der Waals surface area contributed by atoms with Gasteiger partial charge in [-0.1, -0.05) is 0 Å². The van der Waals surface area contributed by atoms with Gasteiger partial charge in [0, 0.05) is 17.7 Å². The van der Waals surface area contributed by atoms with Crippen LogP contribution < -0.4 is 11.6 Å². The monoisotopic (exact) mass is 286 g/mol. The van der Waals surface area contributed by atoms with Crippen LogP contribution in [-0.4, -0.2) is 4.92 Å². The third kappa shape index (κ3) is 2.04. The second kappa shape index (κ2) is 4.48. The van der Waals surface area contributed by atoms with Crippen molar-refractivity contribution in [2.45, 2.75) is 6.92 Å². The maximum Gasteiger partial charge on any atom is 0.519 e.